The summed E-state index contributed by atoms with van der Waals surface area (Å²) in [4.78, 5) is 26.2. The number of rotatable bonds is 7. The van der Waals surface area contributed by atoms with Crippen molar-refractivity contribution < 1.29 is 27.8 Å². The van der Waals surface area contributed by atoms with E-state index in [1.807, 2.05) is 0 Å². The van der Waals surface area contributed by atoms with Gasteiger partial charge in [0, 0.05) is 30.5 Å². The van der Waals surface area contributed by atoms with E-state index < -0.39 is 23.5 Å². The van der Waals surface area contributed by atoms with Crippen molar-refractivity contribution in [2.75, 3.05) is 12.1 Å². The fourth-order valence-corrected chi connectivity index (χ4v) is 4.05. The third-order valence-corrected chi connectivity index (χ3v) is 5.78. The van der Waals surface area contributed by atoms with E-state index in [2.05, 4.69) is 5.10 Å². The standard InChI is InChI=1S/C26H23F2N3O4/c1-16-24(22(32)13-17-6-4-8-19(12-17)26(2,27)28)25(33)31(29-16)20-9-10-23(35-3)21(14-20)18-7-5-11-30(34)15-18/h4-12,14-15,24H,13H2,1-3H3. The van der Waals surface area contributed by atoms with Gasteiger partial charge >= 0.3 is 0 Å². The fourth-order valence-electron chi connectivity index (χ4n) is 4.05. The topological polar surface area (TPSA) is 85.9 Å². The van der Waals surface area contributed by atoms with Crippen LogP contribution in [0.1, 0.15) is 25.0 Å². The lowest BCUT2D eigenvalue weighted by molar-refractivity contribution is -0.604. The number of carbonyl (C=O) groups is 2. The van der Waals surface area contributed by atoms with E-state index in [1.54, 1.807) is 43.3 Å². The summed E-state index contributed by atoms with van der Waals surface area (Å²) in [5, 5.41) is 17.2. The summed E-state index contributed by atoms with van der Waals surface area (Å²) in [6, 6.07) is 13.9. The van der Waals surface area contributed by atoms with Gasteiger partial charge < -0.3 is 9.94 Å². The first-order chi connectivity index (χ1) is 16.6. The van der Waals surface area contributed by atoms with Gasteiger partial charge in [0.05, 0.1) is 24.1 Å². The van der Waals surface area contributed by atoms with Crippen LogP contribution in [0, 0.1) is 11.1 Å². The molecule has 4 rings (SSSR count). The molecule has 9 heteroatoms. The highest BCUT2D eigenvalue weighted by molar-refractivity contribution is 6.27. The van der Waals surface area contributed by atoms with Crippen molar-refractivity contribution in [3.63, 3.8) is 0 Å². The van der Waals surface area contributed by atoms with E-state index in [0.29, 0.717) is 38.6 Å². The number of nitrogens with zero attached hydrogens (tertiary/aromatic N) is 3. The van der Waals surface area contributed by atoms with Crippen LogP contribution in [0.4, 0.5) is 14.5 Å². The van der Waals surface area contributed by atoms with Gasteiger partial charge in [0.1, 0.15) is 11.7 Å². The number of benzene rings is 2. The zero-order valence-corrected chi connectivity index (χ0v) is 19.4. The second-order valence-corrected chi connectivity index (χ2v) is 8.39. The van der Waals surface area contributed by atoms with Crippen LogP contribution in [-0.4, -0.2) is 24.5 Å². The molecular formula is C26H23F2N3O4. The van der Waals surface area contributed by atoms with E-state index in [4.69, 9.17) is 4.74 Å². The molecule has 1 unspecified atom stereocenters. The number of alkyl halides is 2. The number of pyridine rings is 1. The second-order valence-electron chi connectivity index (χ2n) is 8.39. The molecule has 0 N–H and O–H groups in total. The van der Waals surface area contributed by atoms with Crippen molar-refractivity contribution in [3.05, 3.63) is 83.3 Å². The maximum Gasteiger partial charge on any atom is 0.270 e. The molecule has 0 saturated heterocycles. The third kappa shape index (κ3) is 4.89. The van der Waals surface area contributed by atoms with Gasteiger partial charge in [0.25, 0.3) is 11.8 Å². The van der Waals surface area contributed by atoms with Gasteiger partial charge in [-0.3, -0.25) is 9.59 Å². The van der Waals surface area contributed by atoms with Crippen LogP contribution in [0.25, 0.3) is 11.1 Å². The SMILES string of the molecule is COc1ccc(N2N=C(C)C(C(=O)Cc3cccc(C(C)(F)F)c3)C2=O)cc1-c1ccc[n+]([O-])c1. The lowest BCUT2D eigenvalue weighted by Crippen LogP contribution is -2.33. The largest absolute Gasteiger partial charge is 0.619 e. The van der Waals surface area contributed by atoms with E-state index >= 15 is 0 Å². The molecule has 0 bridgehead atoms. The first-order valence-corrected chi connectivity index (χ1v) is 10.8. The van der Waals surface area contributed by atoms with Crippen molar-refractivity contribution in [1.82, 2.24) is 0 Å². The predicted octanol–water partition coefficient (Wildman–Crippen LogP) is 4.26. The number of amides is 1. The number of halogens is 2. The number of hydrazone groups is 1. The highest BCUT2D eigenvalue weighted by Crippen LogP contribution is 2.35. The van der Waals surface area contributed by atoms with Crippen LogP contribution in [0.2, 0.25) is 0 Å². The first-order valence-electron chi connectivity index (χ1n) is 10.8. The Morgan fingerprint density at radius 3 is 2.66 bits per heavy atom. The second kappa shape index (κ2) is 9.25. The molecule has 0 radical (unpaired) electrons. The van der Waals surface area contributed by atoms with E-state index in [1.165, 1.54) is 37.7 Å². The van der Waals surface area contributed by atoms with E-state index in [-0.39, 0.29) is 12.0 Å². The highest BCUT2D eigenvalue weighted by Gasteiger charge is 2.39. The summed E-state index contributed by atoms with van der Waals surface area (Å²) in [5.74, 6) is -4.63. The molecule has 0 aliphatic carbocycles. The van der Waals surface area contributed by atoms with E-state index in [9.17, 15) is 23.6 Å². The minimum Gasteiger partial charge on any atom is -0.619 e. The highest BCUT2D eigenvalue weighted by atomic mass is 19.3. The molecule has 2 heterocycles. The van der Waals surface area contributed by atoms with Gasteiger partial charge in [-0.1, -0.05) is 18.2 Å². The molecule has 0 saturated carbocycles. The van der Waals surface area contributed by atoms with Gasteiger partial charge in [0.15, 0.2) is 18.2 Å². The number of anilines is 1. The Labute approximate surface area is 200 Å². The normalized spacial score (nSPS) is 15.8. The minimum absolute atomic E-state index is 0.178. The number of ether oxygens (including phenoxy) is 1. The van der Waals surface area contributed by atoms with Gasteiger partial charge in [-0.25, -0.2) is 8.78 Å². The summed E-state index contributed by atoms with van der Waals surface area (Å²) in [7, 11) is 1.49. The maximum atomic E-state index is 13.7. The van der Waals surface area contributed by atoms with Crippen LogP contribution >= 0.6 is 0 Å². The van der Waals surface area contributed by atoms with Gasteiger partial charge in [-0.05, 0) is 42.8 Å². The molecule has 35 heavy (non-hydrogen) atoms. The Morgan fingerprint density at radius 2 is 1.97 bits per heavy atom. The van der Waals surface area contributed by atoms with Crippen molar-refractivity contribution in [2.24, 2.45) is 11.0 Å². The van der Waals surface area contributed by atoms with Crippen molar-refractivity contribution in [1.29, 1.82) is 0 Å². The molecule has 1 aliphatic heterocycles. The Kier molecular flexibility index (Phi) is 6.34. The zero-order chi connectivity index (χ0) is 25.3. The molecular weight excluding hydrogens is 456 g/mol. The number of Topliss-reactive ketones (excluding diaryl/α,β-unsaturated/α-hetero) is 1. The summed E-state index contributed by atoms with van der Waals surface area (Å²) >= 11 is 0. The number of hydrogen-bond acceptors (Lipinski definition) is 5. The lowest BCUT2D eigenvalue weighted by atomic mass is 9.93. The number of aromatic nitrogens is 1. The smallest absolute Gasteiger partial charge is 0.270 e. The van der Waals surface area contributed by atoms with Crippen LogP contribution in [0.5, 0.6) is 5.75 Å². The molecule has 0 spiro atoms. The van der Waals surface area contributed by atoms with Gasteiger partial charge in [0.2, 0.25) is 0 Å². The van der Waals surface area contributed by atoms with Gasteiger partial charge in [-0.2, -0.15) is 14.8 Å². The Morgan fingerprint density at radius 1 is 1.20 bits per heavy atom. The van der Waals surface area contributed by atoms with Crippen LogP contribution < -0.4 is 14.5 Å². The molecule has 180 valence electrons. The third-order valence-electron chi connectivity index (χ3n) is 5.78. The molecule has 3 aromatic rings. The van der Waals surface area contributed by atoms with Crippen molar-refractivity contribution in [2.45, 2.75) is 26.2 Å². The number of carbonyl (C=O) groups excluding carboxylic acids is 2. The van der Waals surface area contributed by atoms with Gasteiger partial charge in [-0.15, -0.1) is 0 Å². The molecule has 0 fully saturated rings. The Balaban J connectivity index is 1.60. The monoisotopic (exact) mass is 479 g/mol. The van der Waals surface area contributed by atoms with Crippen LogP contribution in [0.3, 0.4) is 0 Å². The Hall–Kier alpha value is -4.14. The van der Waals surface area contributed by atoms with Crippen molar-refractivity contribution >= 4 is 23.1 Å². The molecule has 1 amide bonds. The number of methoxy groups -OCH3 is 1. The summed E-state index contributed by atoms with van der Waals surface area (Å²) in [6.07, 6.45) is 2.55. The molecule has 7 nitrogen and oxygen atoms in total. The maximum absolute atomic E-state index is 13.7. The fraction of sp³-hybridized carbons (Fsp3) is 0.231. The quantitative estimate of drug-likeness (QED) is 0.288. The lowest BCUT2D eigenvalue weighted by Gasteiger charge is -2.17. The summed E-state index contributed by atoms with van der Waals surface area (Å²) in [5.41, 5.74) is 2.06. The molecule has 1 atom stereocenters. The average Bonchev–Trinajstić information content (AvgIpc) is 3.12. The molecule has 1 aromatic heterocycles. The summed E-state index contributed by atoms with van der Waals surface area (Å²) in [6.45, 7) is 2.37. The predicted molar refractivity (Wildman–Crippen MR) is 126 cm³/mol. The van der Waals surface area contributed by atoms with E-state index in [0.717, 1.165) is 11.9 Å². The summed E-state index contributed by atoms with van der Waals surface area (Å²) < 4.78 is 33.4. The molecule has 2 aromatic carbocycles. The number of ketones is 1. The van der Waals surface area contributed by atoms with Crippen LogP contribution in [-0.2, 0) is 21.9 Å². The minimum atomic E-state index is -3.04. The number of hydrogen-bond donors (Lipinski definition) is 0. The first kappa shape index (κ1) is 24.0. The molecule has 1 aliphatic rings. The Bertz CT molecular complexity index is 1330. The average molecular weight is 479 g/mol. The van der Waals surface area contributed by atoms with Crippen molar-refractivity contribution in [3.8, 4) is 16.9 Å². The van der Waals surface area contributed by atoms with Crippen LogP contribution in [0.15, 0.2) is 72.1 Å². The zero-order valence-electron chi connectivity index (χ0n) is 19.4.